The van der Waals surface area contributed by atoms with Crippen LogP contribution in [0.3, 0.4) is 0 Å². The Labute approximate surface area is 152 Å². The summed E-state index contributed by atoms with van der Waals surface area (Å²) in [5, 5.41) is 0. The first-order valence-corrected chi connectivity index (χ1v) is 9.23. The number of rotatable bonds is 6. The van der Waals surface area contributed by atoms with Crippen LogP contribution in [0.15, 0.2) is 47.4 Å². The lowest BCUT2D eigenvalue weighted by molar-refractivity contribution is 0.0583. The van der Waals surface area contributed by atoms with Gasteiger partial charge in [-0.15, -0.1) is 0 Å². The molecule has 0 atom stereocenters. The Hall–Kier alpha value is -2.87. The first-order chi connectivity index (χ1) is 12.3. The number of carbonyl (C=O) groups excluding carboxylic acids is 2. The summed E-state index contributed by atoms with van der Waals surface area (Å²) < 4.78 is 37.5. The quantitative estimate of drug-likeness (QED) is 0.777. The molecule has 0 aliphatic heterocycles. The van der Waals surface area contributed by atoms with Gasteiger partial charge in [0.2, 0.25) is 0 Å². The Bertz CT molecular complexity index is 936. The largest absolute Gasteiger partial charge is 0.465 e. The summed E-state index contributed by atoms with van der Waals surface area (Å²) in [6.07, 6.45) is 0.616. The molecule has 7 nitrogen and oxygen atoms in total. The summed E-state index contributed by atoms with van der Waals surface area (Å²) in [5.74, 6) is -1.54. The third-order valence-electron chi connectivity index (χ3n) is 3.74. The molecule has 1 N–H and O–H groups in total. The normalized spacial score (nSPS) is 10.9. The molecule has 0 aliphatic rings. The Morgan fingerprint density at radius 3 is 2.27 bits per heavy atom. The third kappa shape index (κ3) is 4.02. The maximum Gasteiger partial charge on any atom is 0.339 e. The van der Waals surface area contributed by atoms with E-state index in [0.29, 0.717) is 12.1 Å². The number of aryl methyl sites for hydroxylation is 1. The molecule has 26 heavy (non-hydrogen) atoms. The van der Waals surface area contributed by atoms with Gasteiger partial charge < -0.3 is 9.47 Å². The highest BCUT2D eigenvalue weighted by Gasteiger charge is 2.25. The lowest BCUT2D eigenvalue weighted by atomic mass is 10.1. The zero-order valence-corrected chi connectivity index (χ0v) is 15.4. The van der Waals surface area contributed by atoms with Gasteiger partial charge in [-0.3, -0.25) is 4.72 Å². The average Bonchev–Trinajstić information content (AvgIpc) is 2.66. The van der Waals surface area contributed by atoms with Gasteiger partial charge >= 0.3 is 11.9 Å². The predicted octanol–water partition coefficient (Wildman–Crippen LogP) is 2.62. The fourth-order valence-electron chi connectivity index (χ4n) is 2.40. The minimum absolute atomic E-state index is 0.00399. The molecule has 0 saturated carbocycles. The molecule has 0 bridgehead atoms. The minimum Gasteiger partial charge on any atom is -0.465 e. The molecule has 0 aromatic heterocycles. The van der Waals surface area contributed by atoms with Crippen LogP contribution in [0.4, 0.5) is 5.69 Å². The fourth-order valence-corrected chi connectivity index (χ4v) is 3.72. The monoisotopic (exact) mass is 377 g/mol. The van der Waals surface area contributed by atoms with Crippen LogP contribution in [0.1, 0.15) is 33.2 Å². The molecule has 2 rings (SSSR count). The number of hydrogen-bond acceptors (Lipinski definition) is 6. The van der Waals surface area contributed by atoms with Crippen molar-refractivity contribution >= 4 is 27.6 Å². The third-order valence-corrected chi connectivity index (χ3v) is 5.15. The zero-order chi connectivity index (χ0) is 19.3. The average molecular weight is 377 g/mol. The van der Waals surface area contributed by atoms with E-state index in [1.165, 1.54) is 19.2 Å². The summed E-state index contributed by atoms with van der Waals surface area (Å²) in [6, 6.07) is 10.5. The van der Waals surface area contributed by atoms with Gasteiger partial charge in [0, 0.05) is 0 Å². The molecule has 0 fully saturated rings. The van der Waals surface area contributed by atoms with E-state index >= 15 is 0 Å². The van der Waals surface area contributed by atoms with Gasteiger partial charge in [0.15, 0.2) is 0 Å². The summed E-state index contributed by atoms with van der Waals surface area (Å²) in [4.78, 5) is 23.4. The fraction of sp³-hybridized carbons (Fsp3) is 0.222. The van der Waals surface area contributed by atoms with E-state index in [1.54, 1.807) is 24.3 Å². The van der Waals surface area contributed by atoms with Gasteiger partial charge in [-0.25, -0.2) is 18.0 Å². The zero-order valence-electron chi connectivity index (χ0n) is 14.6. The first-order valence-electron chi connectivity index (χ1n) is 7.75. The lowest BCUT2D eigenvalue weighted by Gasteiger charge is -2.14. The van der Waals surface area contributed by atoms with Gasteiger partial charge in [0.25, 0.3) is 10.0 Å². The molecule has 0 radical (unpaired) electrons. The van der Waals surface area contributed by atoms with Crippen LogP contribution in [0, 0.1) is 0 Å². The van der Waals surface area contributed by atoms with Crippen LogP contribution >= 0.6 is 0 Å². The van der Waals surface area contributed by atoms with E-state index in [0.717, 1.165) is 18.7 Å². The highest BCUT2D eigenvalue weighted by atomic mass is 32.2. The van der Waals surface area contributed by atoms with Gasteiger partial charge in [-0.05, 0) is 36.2 Å². The van der Waals surface area contributed by atoms with Crippen LogP contribution in [0.25, 0.3) is 0 Å². The molecule has 2 aromatic carbocycles. The van der Waals surface area contributed by atoms with Crippen molar-refractivity contribution in [3.8, 4) is 0 Å². The number of carbonyl (C=O) groups is 2. The minimum atomic E-state index is -4.15. The number of anilines is 1. The molecule has 0 unspecified atom stereocenters. The molecule has 0 amide bonds. The molecular weight excluding hydrogens is 358 g/mol. The summed E-state index contributed by atoms with van der Waals surface area (Å²) >= 11 is 0. The molecule has 8 heteroatoms. The van der Waals surface area contributed by atoms with Crippen LogP contribution in [0.2, 0.25) is 0 Å². The highest BCUT2D eigenvalue weighted by Crippen LogP contribution is 2.24. The van der Waals surface area contributed by atoms with Crippen molar-refractivity contribution in [2.75, 3.05) is 18.9 Å². The van der Waals surface area contributed by atoms with Gasteiger partial charge in [0.1, 0.15) is 4.90 Å². The number of methoxy groups -OCH3 is 2. The molecule has 138 valence electrons. The Morgan fingerprint density at radius 1 is 1.00 bits per heavy atom. The molecule has 0 aliphatic carbocycles. The second-order valence-corrected chi connectivity index (χ2v) is 6.96. The van der Waals surface area contributed by atoms with E-state index in [-0.39, 0.29) is 16.0 Å². The second kappa shape index (κ2) is 8.01. The van der Waals surface area contributed by atoms with Crippen molar-refractivity contribution in [1.29, 1.82) is 0 Å². The smallest absolute Gasteiger partial charge is 0.339 e. The topological polar surface area (TPSA) is 98.8 Å². The van der Waals surface area contributed by atoms with E-state index < -0.39 is 22.0 Å². The molecule has 0 spiro atoms. The van der Waals surface area contributed by atoms with Crippen LogP contribution < -0.4 is 4.72 Å². The van der Waals surface area contributed by atoms with Crippen molar-refractivity contribution in [3.05, 3.63) is 59.2 Å². The Balaban J connectivity index is 2.58. The first kappa shape index (κ1) is 19.5. The maximum atomic E-state index is 12.9. The molecule has 0 saturated heterocycles. The van der Waals surface area contributed by atoms with Gasteiger partial charge in [0.05, 0.1) is 31.0 Å². The molecule has 0 heterocycles. The van der Waals surface area contributed by atoms with Crippen molar-refractivity contribution in [3.63, 3.8) is 0 Å². The van der Waals surface area contributed by atoms with Crippen molar-refractivity contribution < 1.29 is 27.5 Å². The van der Waals surface area contributed by atoms with Gasteiger partial charge in [-0.1, -0.05) is 25.1 Å². The molecule has 2 aromatic rings. The Kier molecular flexibility index (Phi) is 5.99. The van der Waals surface area contributed by atoms with Crippen molar-refractivity contribution in [1.82, 2.24) is 0 Å². The van der Waals surface area contributed by atoms with Gasteiger partial charge in [-0.2, -0.15) is 0 Å². The highest BCUT2D eigenvalue weighted by molar-refractivity contribution is 7.92. The van der Waals surface area contributed by atoms with Crippen LogP contribution in [-0.4, -0.2) is 34.6 Å². The number of sulfonamides is 1. The van der Waals surface area contributed by atoms with E-state index in [4.69, 9.17) is 0 Å². The van der Waals surface area contributed by atoms with Crippen LogP contribution in [0.5, 0.6) is 0 Å². The van der Waals surface area contributed by atoms with E-state index in [2.05, 4.69) is 14.2 Å². The number of benzene rings is 2. The van der Waals surface area contributed by atoms with Crippen molar-refractivity contribution in [2.24, 2.45) is 0 Å². The number of para-hydroxylation sites is 1. The van der Waals surface area contributed by atoms with E-state index in [1.807, 2.05) is 6.92 Å². The summed E-state index contributed by atoms with van der Waals surface area (Å²) in [7, 11) is -1.83. The maximum absolute atomic E-state index is 12.9. The second-order valence-electron chi connectivity index (χ2n) is 5.31. The lowest BCUT2D eigenvalue weighted by Crippen LogP contribution is -2.19. The van der Waals surface area contributed by atoms with E-state index in [9.17, 15) is 18.0 Å². The van der Waals surface area contributed by atoms with Crippen molar-refractivity contribution in [2.45, 2.75) is 18.2 Å². The number of ether oxygens (including phenoxy) is 2. The molecular formula is C18H19NO6S. The predicted molar refractivity (Wildman–Crippen MR) is 95.7 cm³/mol. The number of esters is 2. The van der Waals surface area contributed by atoms with Crippen LogP contribution in [-0.2, 0) is 25.9 Å². The Morgan fingerprint density at radius 2 is 1.65 bits per heavy atom. The summed E-state index contributed by atoms with van der Waals surface area (Å²) in [5.41, 5.74) is 1.01. The summed E-state index contributed by atoms with van der Waals surface area (Å²) in [6.45, 7) is 1.89. The standard InChI is InChI=1S/C18H19NO6S/c1-4-12-7-5-6-8-15(12)19-26(22,23)16-11-13(17(20)24-2)9-10-14(16)18(21)25-3/h5-11,19H,4H2,1-3H3. The number of hydrogen-bond donors (Lipinski definition) is 1. The number of nitrogens with one attached hydrogen (secondary N) is 1. The SMILES string of the molecule is CCc1ccccc1NS(=O)(=O)c1cc(C(=O)OC)ccc1C(=O)OC.